The molecule has 8 heteroatoms. The summed E-state index contributed by atoms with van der Waals surface area (Å²) in [6.45, 7) is 1.29. The standard InChI is InChI=1S/C24H24N4O4/c29-22(18-32-23(30)19-8-10-21(11-9-19)26-12-4-5-13-26)27-14-16-28(17-15-27)24(31)25-20-6-2-1-3-7-20/h1-13H,14-18H2,(H,25,31). The molecule has 0 bridgehead atoms. The number of para-hydroxylation sites is 1. The van der Waals surface area contributed by atoms with Crippen molar-refractivity contribution in [2.24, 2.45) is 0 Å². The van der Waals surface area contributed by atoms with Crippen molar-refractivity contribution >= 4 is 23.6 Å². The van der Waals surface area contributed by atoms with Crippen molar-refractivity contribution in [3.63, 3.8) is 0 Å². The van der Waals surface area contributed by atoms with Crippen LogP contribution in [-0.4, -0.2) is 65.1 Å². The second-order valence-electron chi connectivity index (χ2n) is 7.38. The fraction of sp³-hybridized carbons (Fsp3) is 0.208. The lowest BCUT2D eigenvalue weighted by Gasteiger charge is -2.34. The summed E-state index contributed by atoms with van der Waals surface area (Å²) in [5.74, 6) is -0.816. The summed E-state index contributed by atoms with van der Waals surface area (Å²) in [5.41, 5.74) is 2.04. The molecule has 0 saturated carbocycles. The first-order valence-electron chi connectivity index (χ1n) is 10.4. The van der Waals surface area contributed by atoms with Crippen molar-refractivity contribution in [3.8, 4) is 5.69 Å². The van der Waals surface area contributed by atoms with Crippen LogP contribution in [0.2, 0.25) is 0 Å². The van der Waals surface area contributed by atoms with Gasteiger partial charge in [-0.3, -0.25) is 4.79 Å². The fourth-order valence-electron chi connectivity index (χ4n) is 3.46. The van der Waals surface area contributed by atoms with Crippen LogP contribution in [0.1, 0.15) is 10.4 Å². The predicted octanol–water partition coefficient (Wildman–Crippen LogP) is 3.01. The molecule has 1 fully saturated rings. The van der Waals surface area contributed by atoms with Crippen molar-refractivity contribution in [1.82, 2.24) is 14.4 Å². The molecular formula is C24H24N4O4. The molecule has 0 spiro atoms. The zero-order valence-corrected chi connectivity index (χ0v) is 17.5. The molecule has 32 heavy (non-hydrogen) atoms. The lowest BCUT2D eigenvalue weighted by molar-refractivity contribution is -0.135. The first-order valence-corrected chi connectivity index (χ1v) is 10.4. The normalized spacial score (nSPS) is 13.5. The van der Waals surface area contributed by atoms with Gasteiger partial charge in [0.15, 0.2) is 6.61 Å². The van der Waals surface area contributed by atoms with Crippen molar-refractivity contribution < 1.29 is 19.1 Å². The number of hydrogen-bond donors (Lipinski definition) is 1. The van der Waals surface area contributed by atoms with Crippen LogP contribution < -0.4 is 5.32 Å². The maximum Gasteiger partial charge on any atom is 0.338 e. The Balaban J connectivity index is 1.22. The number of benzene rings is 2. The van der Waals surface area contributed by atoms with E-state index in [4.69, 9.17) is 4.74 Å². The van der Waals surface area contributed by atoms with Crippen LogP contribution in [0.5, 0.6) is 0 Å². The minimum Gasteiger partial charge on any atom is -0.452 e. The number of rotatable bonds is 5. The van der Waals surface area contributed by atoms with E-state index in [1.807, 2.05) is 71.6 Å². The van der Waals surface area contributed by atoms with Gasteiger partial charge in [0.1, 0.15) is 0 Å². The molecular weight excluding hydrogens is 408 g/mol. The number of esters is 1. The number of anilines is 1. The van der Waals surface area contributed by atoms with E-state index in [-0.39, 0.29) is 18.5 Å². The van der Waals surface area contributed by atoms with Crippen molar-refractivity contribution in [2.75, 3.05) is 38.1 Å². The fourth-order valence-corrected chi connectivity index (χ4v) is 3.46. The highest BCUT2D eigenvalue weighted by Crippen LogP contribution is 2.12. The Morgan fingerprint density at radius 2 is 1.41 bits per heavy atom. The summed E-state index contributed by atoms with van der Waals surface area (Å²) >= 11 is 0. The monoisotopic (exact) mass is 432 g/mol. The summed E-state index contributed by atoms with van der Waals surface area (Å²) < 4.78 is 7.13. The third kappa shape index (κ3) is 5.15. The number of nitrogens with one attached hydrogen (secondary N) is 1. The third-order valence-corrected chi connectivity index (χ3v) is 5.28. The van der Waals surface area contributed by atoms with E-state index in [9.17, 15) is 14.4 Å². The van der Waals surface area contributed by atoms with Gasteiger partial charge in [-0.1, -0.05) is 18.2 Å². The smallest absolute Gasteiger partial charge is 0.338 e. The van der Waals surface area contributed by atoms with Gasteiger partial charge in [-0.2, -0.15) is 0 Å². The molecule has 4 rings (SSSR count). The number of amides is 3. The zero-order valence-electron chi connectivity index (χ0n) is 17.5. The Kier molecular flexibility index (Phi) is 6.50. The van der Waals surface area contributed by atoms with E-state index < -0.39 is 5.97 Å². The molecule has 164 valence electrons. The van der Waals surface area contributed by atoms with Crippen LogP contribution in [0, 0.1) is 0 Å². The molecule has 1 aliphatic rings. The Labute approximate surface area is 186 Å². The molecule has 1 N–H and O–H groups in total. The summed E-state index contributed by atoms with van der Waals surface area (Å²) in [6, 6.07) is 19.8. The summed E-state index contributed by atoms with van der Waals surface area (Å²) in [7, 11) is 0. The molecule has 1 aliphatic heterocycles. The molecule has 0 radical (unpaired) electrons. The van der Waals surface area contributed by atoms with Crippen LogP contribution in [0.25, 0.3) is 5.69 Å². The van der Waals surface area contributed by atoms with E-state index in [0.29, 0.717) is 31.7 Å². The highest BCUT2D eigenvalue weighted by atomic mass is 16.5. The van der Waals surface area contributed by atoms with Gasteiger partial charge < -0.3 is 24.4 Å². The van der Waals surface area contributed by atoms with Gasteiger partial charge in [0.2, 0.25) is 0 Å². The number of aromatic nitrogens is 1. The Morgan fingerprint density at radius 1 is 0.781 bits per heavy atom. The number of carbonyl (C=O) groups excluding carboxylic acids is 3. The summed E-state index contributed by atoms with van der Waals surface area (Å²) in [6.07, 6.45) is 3.83. The minimum atomic E-state index is -0.543. The Hall–Kier alpha value is -4.07. The van der Waals surface area contributed by atoms with Crippen molar-refractivity contribution in [1.29, 1.82) is 0 Å². The molecule has 0 atom stereocenters. The van der Waals surface area contributed by atoms with Crippen LogP contribution in [0.3, 0.4) is 0 Å². The average molecular weight is 432 g/mol. The van der Waals surface area contributed by atoms with Crippen LogP contribution in [0.15, 0.2) is 79.1 Å². The van der Waals surface area contributed by atoms with Gasteiger partial charge in [0.05, 0.1) is 5.56 Å². The third-order valence-electron chi connectivity index (χ3n) is 5.28. The highest BCUT2D eigenvalue weighted by Gasteiger charge is 2.25. The van der Waals surface area contributed by atoms with Crippen LogP contribution in [-0.2, 0) is 9.53 Å². The molecule has 3 aromatic rings. The van der Waals surface area contributed by atoms with Gasteiger partial charge in [-0.15, -0.1) is 0 Å². The number of urea groups is 1. The topological polar surface area (TPSA) is 83.9 Å². The van der Waals surface area contributed by atoms with Crippen molar-refractivity contribution in [2.45, 2.75) is 0 Å². The molecule has 1 aromatic heterocycles. The minimum absolute atomic E-state index is 0.196. The van der Waals surface area contributed by atoms with Gasteiger partial charge >= 0.3 is 12.0 Å². The quantitative estimate of drug-likeness (QED) is 0.629. The van der Waals surface area contributed by atoms with Crippen LogP contribution in [0.4, 0.5) is 10.5 Å². The first kappa shape index (κ1) is 21.2. The number of nitrogens with zero attached hydrogens (tertiary/aromatic N) is 3. The van der Waals surface area contributed by atoms with E-state index in [0.717, 1.165) is 11.4 Å². The number of piperazine rings is 1. The Bertz CT molecular complexity index is 1060. The number of hydrogen-bond acceptors (Lipinski definition) is 4. The number of ether oxygens (including phenoxy) is 1. The van der Waals surface area contributed by atoms with Gasteiger partial charge in [-0.25, -0.2) is 9.59 Å². The van der Waals surface area contributed by atoms with Crippen molar-refractivity contribution in [3.05, 3.63) is 84.7 Å². The van der Waals surface area contributed by atoms with Gasteiger partial charge in [-0.05, 0) is 48.5 Å². The van der Waals surface area contributed by atoms with E-state index in [1.54, 1.807) is 21.9 Å². The maximum absolute atomic E-state index is 12.4. The van der Waals surface area contributed by atoms with Crippen LogP contribution >= 0.6 is 0 Å². The second-order valence-corrected chi connectivity index (χ2v) is 7.38. The molecule has 8 nitrogen and oxygen atoms in total. The first-order chi connectivity index (χ1) is 15.6. The van der Waals surface area contributed by atoms with E-state index in [1.165, 1.54) is 0 Å². The average Bonchev–Trinajstić information content (AvgIpc) is 3.38. The second kappa shape index (κ2) is 9.82. The maximum atomic E-state index is 12.4. The molecule has 3 amide bonds. The Morgan fingerprint density at radius 3 is 2.06 bits per heavy atom. The zero-order chi connectivity index (χ0) is 22.3. The molecule has 2 heterocycles. The SMILES string of the molecule is O=C(OCC(=O)N1CCN(C(=O)Nc2ccccc2)CC1)c1ccc(-n2cccc2)cc1. The molecule has 2 aromatic carbocycles. The summed E-state index contributed by atoms with van der Waals surface area (Å²) in [4.78, 5) is 40.3. The number of carbonyl (C=O) groups is 3. The molecule has 0 aliphatic carbocycles. The lowest BCUT2D eigenvalue weighted by atomic mass is 10.2. The van der Waals surface area contributed by atoms with Gasteiger partial charge in [0.25, 0.3) is 5.91 Å². The van der Waals surface area contributed by atoms with Gasteiger partial charge in [0, 0.05) is 49.9 Å². The highest BCUT2D eigenvalue weighted by molar-refractivity contribution is 5.92. The van der Waals surface area contributed by atoms with E-state index >= 15 is 0 Å². The largest absolute Gasteiger partial charge is 0.452 e. The summed E-state index contributed by atoms with van der Waals surface area (Å²) in [5, 5.41) is 2.84. The molecule has 0 unspecified atom stereocenters. The predicted molar refractivity (Wildman–Crippen MR) is 120 cm³/mol. The molecule has 1 saturated heterocycles. The van der Waals surface area contributed by atoms with E-state index in [2.05, 4.69) is 5.32 Å². The lowest BCUT2D eigenvalue weighted by Crippen LogP contribution is -2.52.